The Balaban J connectivity index is 1.41. The minimum absolute atomic E-state index is 0.223. The third-order valence-electron chi connectivity index (χ3n) is 4.87. The van der Waals surface area contributed by atoms with Crippen molar-refractivity contribution in [2.24, 2.45) is 7.05 Å². The van der Waals surface area contributed by atoms with Crippen LogP contribution in [0.25, 0.3) is 22.3 Å². The van der Waals surface area contributed by atoms with E-state index in [2.05, 4.69) is 35.8 Å². The second-order valence-electron chi connectivity index (χ2n) is 7.14. The van der Waals surface area contributed by atoms with E-state index in [0.29, 0.717) is 23.9 Å². The fourth-order valence-electron chi connectivity index (χ4n) is 3.25. The average Bonchev–Trinajstić information content (AvgIpc) is 3.36. The first-order valence-electron chi connectivity index (χ1n) is 9.60. The van der Waals surface area contributed by atoms with Crippen LogP contribution in [-0.4, -0.2) is 40.0 Å². The van der Waals surface area contributed by atoms with Crippen LogP contribution in [0.1, 0.15) is 11.1 Å². The predicted molar refractivity (Wildman–Crippen MR) is 113 cm³/mol. The maximum absolute atomic E-state index is 13.9. The van der Waals surface area contributed by atoms with Gasteiger partial charge in [0.2, 0.25) is 5.95 Å². The highest BCUT2D eigenvalue weighted by Gasteiger charge is 2.10. The number of anilines is 2. The minimum Gasteiger partial charge on any atom is -0.306 e. The van der Waals surface area contributed by atoms with Crippen molar-refractivity contribution in [3.05, 3.63) is 71.8 Å². The van der Waals surface area contributed by atoms with Crippen LogP contribution in [0.2, 0.25) is 0 Å². The van der Waals surface area contributed by atoms with E-state index in [1.807, 2.05) is 30.3 Å². The molecule has 154 valence electrons. The van der Waals surface area contributed by atoms with Crippen LogP contribution in [-0.2, 0) is 13.6 Å². The second-order valence-corrected chi connectivity index (χ2v) is 7.14. The Morgan fingerprint density at radius 3 is 2.81 bits per heavy atom. The number of benzene rings is 2. The molecule has 3 heterocycles. The monoisotopic (exact) mass is 415 g/mol. The lowest BCUT2D eigenvalue weighted by Gasteiger charge is -2.06. The van der Waals surface area contributed by atoms with Crippen LogP contribution in [0.5, 0.6) is 0 Å². The van der Waals surface area contributed by atoms with Gasteiger partial charge in [-0.25, -0.2) is 19.0 Å². The van der Waals surface area contributed by atoms with E-state index in [0.717, 1.165) is 27.9 Å². The molecule has 0 atom stereocenters. The molecular weight excluding hydrogens is 397 g/mol. The molecule has 0 unspecified atom stereocenters. The summed E-state index contributed by atoms with van der Waals surface area (Å²) in [5.74, 6) is 0.757. The summed E-state index contributed by atoms with van der Waals surface area (Å²) in [6.07, 6.45) is 3.27. The molecule has 0 amide bonds. The maximum Gasteiger partial charge on any atom is 0.228 e. The molecule has 0 aliphatic rings. The van der Waals surface area contributed by atoms with E-state index in [1.54, 1.807) is 37.1 Å². The first-order valence-corrected chi connectivity index (χ1v) is 9.60. The van der Waals surface area contributed by atoms with Gasteiger partial charge in [-0.05, 0) is 42.3 Å². The Hall–Kier alpha value is -4.21. The topological polar surface area (TPSA) is 99.2 Å². The molecule has 10 heteroatoms. The number of hydrogen-bond acceptors (Lipinski definition) is 7. The standard InChI is InChI=1S/C21H18FN9/c1-13-3-4-14(9-16(13)22)12-31-19-6-5-15(10-18(19)27-29-31)17-7-8-23-21(25-17)26-20-11-24-30(2)28-20/h3-11H,12H2,1-2H3,(H,23,25,26,28). The van der Waals surface area contributed by atoms with Gasteiger partial charge in [0.1, 0.15) is 11.3 Å². The molecule has 3 aromatic heterocycles. The van der Waals surface area contributed by atoms with Gasteiger partial charge in [0, 0.05) is 18.8 Å². The number of halogens is 1. The summed E-state index contributed by atoms with van der Waals surface area (Å²) in [6.45, 7) is 2.18. The van der Waals surface area contributed by atoms with Gasteiger partial charge in [-0.2, -0.15) is 9.90 Å². The second kappa shape index (κ2) is 7.56. The normalized spacial score (nSPS) is 11.2. The van der Waals surface area contributed by atoms with Crippen LogP contribution < -0.4 is 5.32 Å². The summed E-state index contributed by atoms with van der Waals surface area (Å²) in [5.41, 5.74) is 4.65. The van der Waals surface area contributed by atoms with Crippen LogP contribution >= 0.6 is 0 Å². The zero-order valence-corrected chi connectivity index (χ0v) is 16.9. The number of nitrogens with zero attached hydrogens (tertiary/aromatic N) is 8. The van der Waals surface area contributed by atoms with Gasteiger partial charge in [0.05, 0.1) is 24.0 Å². The first kappa shape index (κ1) is 18.8. The Kier molecular flexibility index (Phi) is 4.58. The molecule has 0 saturated carbocycles. The lowest BCUT2D eigenvalue weighted by Crippen LogP contribution is -2.02. The van der Waals surface area contributed by atoms with E-state index in [1.165, 1.54) is 10.9 Å². The van der Waals surface area contributed by atoms with Crippen molar-refractivity contribution < 1.29 is 4.39 Å². The first-order chi connectivity index (χ1) is 15.0. The molecule has 5 aromatic rings. The third-order valence-corrected chi connectivity index (χ3v) is 4.87. The Morgan fingerprint density at radius 2 is 2.00 bits per heavy atom. The minimum atomic E-state index is -0.223. The van der Waals surface area contributed by atoms with Gasteiger partial charge in [-0.3, -0.25) is 0 Å². The molecular formula is C21H18FN9. The van der Waals surface area contributed by atoms with Crippen molar-refractivity contribution in [1.82, 2.24) is 40.0 Å². The zero-order chi connectivity index (χ0) is 21.4. The van der Waals surface area contributed by atoms with Crippen molar-refractivity contribution in [1.29, 1.82) is 0 Å². The molecule has 0 bridgehead atoms. The van der Waals surface area contributed by atoms with E-state index >= 15 is 0 Å². The van der Waals surface area contributed by atoms with E-state index in [9.17, 15) is 4.39 Å². The van der Waals surface area contributed by atoms with E-state index < -0.39 is 0 Å². The van der Waals surface area contributed by atoms with Crippen LogP contribution in [0.3, 0.4) is 0 Å². The quantitative estimate of drug-likeness (QED) is 0.470. The molecule has 0 saturated heterocycles. The number of hydrogen-bond donors (Lipinski definition) is 1. The Morgan fingerprint density at radius 1 is 1.10 bits per heavy atom. The molecule has 0 spiro atoms. The highest BCUT2D eigenvalue weighted by Crippen LogP contribution is 2.23. The van der Waals surface area contributed by atoms with Crippen molar-refractivity contribution in [3.8, 4) is 11.3 Å². The molecule has 31 heavy (non-hydrogen) atoms. The van der Waals surface area contributed by atoms with Crippen LogP contribution in [0, 0.1) is 12.7 Å². The lowest BCUT2D eigenvalue weighted by atomic mass is 10.1. The molecule has 5 rings (SSSR count). The van der Waals surface area contributed by atoms with E-state index in [-0.39, 0.29) is 5.82 Å². The molecule has 0 aliphatic heterocycles. The molecule has 1 N–H and O–H groups in total. The maximum atomic E-state index is 13.9. The fraction of sp³-hybridized carbons (Fsp3) is 0.143. The van der Waals surface area contributed by atoms with Gasteiger partial charge in [-0.1, -0.05) is 23.4 Å². The van der Waals surface area contributed by atoms with Crippen LogP contribution in [0.4, 0.5) is 16.2 Å². The summed E-state index contributed by atoms with van der Waals surface area (Å²) in [7, 11) is 1.74. The van der Waals surface area contributed by atoms with Crippen LogP contribution in [0.15, 0.2) is 54.9 Å². The Labute approximate surface area is 176 Å². The number of rotatable bonds is 5. The number of aryl methyl sites for hydroxylation is 2. The number of aromatic nitrogens is 8. The number of fused-ring (bicyclic) bond motifs is 1. The van der Waals surface area contributed by atoms with Gasteiger partial charge < -0.3 is 5.32 Å². The Bertz CT molecular complexity index is 1390. The zero-order valence-electron chi connectivity index (χ0n) is 16.9. The summed E-state index contributed by atoms with van der Waals surface area (Å²) >= 11 is 0. The highest BCUT2D eigenvalue weighted by atomic mass is 19.1. The van der Waals surface area contributed by atoms with Gasteiger partial charge in [0.15, 0.2) is 5.82 Å². The number of nitrogens with one attached hydrogen (secondary N) is 1. The summed E-state index contributed by atoms with van der Waals surface area (Å²) in [4.78, 5) is 10.2. The smallest absolute Gasteiger partial charge is 0.228 e. The summed E-state index contributed by atoms with van der Waals surface area (Å²) in [6, 6.07) is 12.8. The molecule has 2 aromatic carbocycles. The molecule has 0 radical (unpaired) electrons. The van der Waals surface area contributed by atoms with Crippen molar-refractivity contribution in [2.75, 3.05) is 5.32 Å². The largest absolute Gasteiger partial charge is 0.306 e. The van der Waals surface area contributed by atoms with Crippen molar-refractivity contribution >= 4 is 22.8 Å². The van der Waals surface area contributed by atoms with E-state index in [4.69, 9.17) is 0 Å². The van der Waals surface area contributed by atoms with Gasteiger partial charge in [-0.15, -0.1) is 10.2 Å². The fourth-order valence-corrected chi connectivity index (χ4v) is 3.25. The van der Waals surface area contributed by atoms with Gasteiger partial charge >= 0.3 is 0 Å². The third kappa shape index (κ3) is 3.82. The molecule has 9 nitrogen and oxygen atoms in total. The highest BCUT2D eigenvalue weighted by molar-refractivity contribution is 5.80. The van der Waals surface area contributed by atoms with Crippen molar-refractivity contribution in [3.63, 3.8) is 0 Å². The lowest BCUT2D eigenvalue weighted by molar-refractivity contribution is 0.609. The van der Waals surface area contributed by atoms with Gasteiger partial charge in [0.25, 0.3) is 0 Å². The predicted octanol–water partition coefficient (Wildman–Crippen LogP) is 3.26. The SMILES string of the molecule is Cc1ccc(Cn2nnc3cc(-c4ccnc(Nc5cnn(C)n5)n4)ccc32)cc1F. The average molecular weight is 415 g/mol. The molecule has 0 aliphatic carbocycles. The summed E-state index contributed by atoms with van der Waals surface area (Å²) < 4.78 is 15.6. The van der Waals surface area contributed by atoms with Crippen molar-refractivity contribution in [2.45, 2.75) is 13.5 Å². The summed E-state index contributed by atoms with van der Waals surface area (Å²) in [5, 5.41) is 19.7. The molecule has 0 fully saturated rings.